The average molecular weight is 180 g/mol. The standard InChI is InChI=1S/C9H12N2O2/c1-7(12)9(13)11-6-8-2-4-10-5-3-8/h2-5,7,12H,6H2,1H3,(H,11,13)/t7-/m1/s1. The molecule has 0 fully saturated rings. The van der Waals surface area contributed by atoms with Gasteiger partial charge in [0, 0.05) is 18.9 Å². The molecule has 4 heteroatoms. The Kier molecular flexibility index (Phi) is 3.40. The van der Waals surface area contributed by atoms with Crippen LogP contribution in [0.1, 0.15) is 12.5 Å². The molecule has 1 aromatic rings. The maximum atomic E-state index is 10.9. The summed E-state index contributed by atoms with van der Waals surface area (Å²) in [5, 5.41) is 11.5. The Labute approximate surface area is 76.6 Å². The number of aliphatic hydroxyl groups excluding tert-OH is 1. The predicted molar refractivity (Wildman–Crippen MR) is 47.8 cm³/mol. The molecule has 1 rings (SSSR count). The molecule has 1 amide bonds. The van der Waals surface area contributed by atoms with Gasteiger partial charge >= 0.3 is 0 Å². The zero-order chi connectivity index (χ0) is 9.68. The van der Waals surface area contributed by atoms with Crippen LogP contribution in [0, 0.1) is 0 Å². The molecule has 0 aliphatic rings. The largest absolute Gasteiger partial charge is 0.384 e. The van der Waals surface area contributed by atoms with Gasteiger partial charge in [-0.05, 0) is 24.6 Å². The lowest BCUT2D eigenvalue weighted by Gasteiger charge is -2.06. The first-order valence-corrected chi connectivity index (χ1v) is 4.05. The van der Waals surface area contributed by atoms with E-state index in [0.717, 1.165) is 5.56 Å². The summed E-state index contributed by atoms with van der Waals surface area (Å²) < 4.78 is 0. The highest BCUT2D eigenvalue weighted by molar-refractivity contribution is 5.79. The highest BCUT2D eigenvalue weighted by atomic mass is 16.3. The van der Waals surface area contributed by atoms with Gasteiger partial charge in [-0.25, -0.2) is 0 Å². The van der Waals surface area contributed by atoms with Gasteiger partial charge in [0.2, 0.25) is 5.91 Å². The van der Waals surface area contributed by atoms with Crippen LogP contribution in [0.25, 0.3) is 0 Å². The van der Waals surface area contributed by atoms with E-state index in [1.165, 1.54) is 6.92 Å². The van der Waals surface area contributed by atoms with Crippen molar-refractivity contribution >= 4 is 5.91 Å². The number of pyridine rings is 1. The number of amides is 1. The van der Waals surface area contributed by atoms with E-state index in [2.05, 4.69) is 10.3 Å². The quantitative estimate of drug-likeness (QED) is 0.692. The summed E-state index contributed by atoms with van der Waals surface area (Å²) in [5.41, 5.74) is 0.962. The molecule has 13 heavy (non-hydrogen) atoms. The second-order valence-electron chi connectivity index (χ2n) is 2.75. The van der Waals surface area contributed by atoms with Crippen LogP contribution in [-0.4, -0.2) is 22.1 Å². The molecule has 1 aromatic heterocycles. The van der Waals surface area contributed by atoms with E-state index >= 15 is 0 Å². The molecule has 2 N–H and O–H groups in total. The molecule has 0 saturated carbocycles. The van der Waals surface area contributed by atoms with Gasteiger partial charge in [0.05, 0.1) is 0 Å². The molecule has 0 unspecified atom stereocenters. The smallest absolute Gasteiger partial charge is 0.248 e. The maximum Gasteiger partial charge on any atom is 0.248 e. The summed E-state index contributed by atoms with van der Waals surface area (Å²) in [6.07, 6.45) is 2.36. The summed E-state index contributed by atoms with van der Waals surface area (Å²) in [4.78, 5) is 14.8. The lowest BCUT2D eigenvalue weighted by Crippen LogP contribution is -2.31. The third kappa shape index (κ3) is 3.21. The lowest BCUT2D eigenvalue weighted by atomic mass is 10.2. The van der Waals surface area contributed by atoms with Crippen LogP contribution in [0.5, 0.6) is 0 Å². The zero-order valence-corrected chi connectivity index (χ0v) is 7.40. The fraction of sp³-hybridized carbons (Fsp3) is 0.333. The lowest BCUT2D eigenvalue weighted by molar-refractivity contribution is -0.128. The normalized spacial score (nSPS) is 12.2. The predicted octanol–water partition coefficient (Wildman–Crippen LogP) is 0.0786. The van der Waals surface area contributed by atoms with Crippen molar-refractivity contribution in [2.24, 2.45) is 0 Å². The van der Waals surface area contributed by atoms with Crippen LogP contribution in [0.3, 0.4) is 0 Å². The number of hydrogen-bond acceptors (Lipinski definition) is 3. The Morgan fingerprint density at radius 3 is 2.77 bits per heavy atom. The Morgan fingerprint density at radius 1 is 1.62 bits per heavy atom. The molecule has 4 nitrogen and oxygen atoms in total. The summed E-state index contributed by atoms with van der Waals surface area (Å²) >= 11 is 0. The van der Waals surface area contributed by atoms with Gasteiger partial charge in [0.1, 0.15) is 6.10 Å². The average Bonchev–Trinajstić information content (AvgIpc) is 2.15. The van der Waals surface area contributed by atoms with Crippen LogP contribution in [0.2, 0.25) is 0 Å². The minimum Gasteiger partial charge on any atom is -0.384 e. The van der Waals surface area contributed by atoms with E-state index in [1.807, 2.05) is 12.1 Å². The van der Waals surface area contributed by atoms with Crippen LogP contribution in [0.4, 0.5) is 0 Å². The summed E-state index contributed by atoms with van der Waals surface area (Å²) in [6.45, 7) is 1.86. The highest BCUT2D eigenvalue weighted by Crippen LogP contribution is 1.94. The third-order valence-electron chi connectivity index (χ3n) is 1.60. The van der Waals surface area contributed by atoms with Crippen molar-refractivity contribution in [3.8, 4) is 0 Å². The Bertz CT molecular complexity index is 272. The molecular weight excluding hydrogens is 168 g/mol. The first kappa shape index (κ1) is 9.67. The molecule has 0 aliphatic heterocycles. The summed E-state index contributed by atoms with van der Waals surface area (Å²) in [7, 11) is 0. The van der Waals surface area contributed by atoms with Crippen molar-refractivity contribution in [1.82, 2.24) is 10.3 Å². The van der Waals surface area contributed by atoms with Gasteiger partial charge < -0.3 is 10.4 Å². The Hall–Kier alpha value is -1.42. The topological polar surface area (TPSA) is 62.2 Å². The molecule has 0 saturated heterocycles. The molecule has 1 atom stereocenters. The number of carbonyl (C=O) groups excluding carboxylic acids is 1. The van der Waals surface area contributed by atoms with Gasteiger partial charge in [0.25, 0.3) is 0 Å². The molecule has 0 aliphatic carbocycles. The maximum absolute atomic E-state index is 10.9. The van der Waals surface area contributed by atoms with Gasteiger partial charge in [-0.2, -0.15) is 0 Å². The number of carbonyl (C=O) groups is 1. The Balaban J connectivity index is 2.40. The number of nitrogens with one attached hydrogen (secondary N) is 1. The number of nitrogens with zero attached hydrogens (tertiary/aromatic N) is 1. The molecule has 0 radical (unpaired) electrons. The van der Waals surface area contributed by atoms with Crippen molar-refractivity contribution in [1.29, 1.82) is 0 Å². The second-order valence-corrected chi connectivity index (χ2v) is 2.75. The van der Waals surface area contributed by atoms with Gasteiger partial charge in [-0.15, -0.1) is 0 Å². The number of aliphatic hydroxyl groups is 1. The van der Waals surface area contributed by atoms with E-state index in [1.54, 1.807) is 12.4 Å². The van der Waals surface area contributed by atoms with Gasteiger partial charge in [-0.3, -0.25) is 9.78 Å². The molecule has 0 spiro atoms. The second kappa shape index (κ2) is 4.57. The van der Waals surface area contributed by atoms with E-state index < -0.39 is 6.10 Å². The van der Waals surface area contributed by atoms with E-state index in [-0.39, 0.29) is 5.91 Å². The molecule has 1 heterocycles. The van der Waals surface area contributed by atoms with Crippen molar-refractivity contribution < 1.29 is 9.90 Å². The zero-order valence-electron chi connectivity index (χ0n) is 7.40. The highest BCUT2D eigenvalue weighted by Gasteiger charge is 2.06. The van der Waals surface area contributed by atoms with Gasteiger partial charge in [-0.1, -0.05) is 0 Å². The van der Waals surface area contributed by atoms with E-state index in [4.69, 9.17) is 5.11 Å². The monoisotopic (exact) mass is 180 g/mol. The Morgan fingerprint density at radius 2 is 2.23 bits per heavy atom. The first-order valence-electron chi connectivity index (χ1n) is 4.05. The fourth-order valence-electron chi connectivity index (χ4n) is 0.838. The van der Waals surface area contributed by atoms with Crippen LogP contribution < -0.4 is 5.32 Å². The number of rotatable bonds is 3. The number of aromatic nitrogens is 1. The minimum atomic E-state index is -0.957. The third-order valence-corrected chi connectivity index (χ3v) is 1.60. The van der Waals surface area contributed by atoms with Crippen molar-refractivity contribution in [2.75, 3.05) is 0 Å². The summed E-state index contributed by atoms with van der Waals surface area (Å²) in [5.74, 6) is -0.364. The number of hydrogen-bond donors (Lipinski definition) is 2. The summed E-state index contributed by atoms with van der Waals surface area (Å²) in [6, 6.07) is 3.62. The molecule has 70 valence electrons. The van der Waals surface area contributed by atoms with Gasteiger partial charge in [0.15, 0.2) is 0 Å². The van der Waals surface area contributed by atoms with Crippen molar-refractivity contribution in [2.45, 2.75) is 19.6 Å². The van der Waals surface area contributed by atoms with Crippen LogP contribution >= 0.6 is 0 Å². The molecular formula is C9H12N2O2. The minimum absolute atomic E-state index is 0.364. The SMILES string of the molecule is C[C@@H](O)C(=O)NCc1ccncc1. The fourth-order valence-corrected chi connectivity index (χ4v) is 0.838. The van der Waals surface area contributed by atoms with Crippen molar-refractivity contribution in [3.05, 3.63) is 30.1 Å². The molecule has 0 aromatic carbocycles. The van der Waals surface area contributed by atoms with Crippen LogP contribution in [0.15, 0.2) is 24.5 Å². The van der Waals surface area contributed by atoms with E-state index in [0.29, 0.717) is 6.54 Å². The van der Waals surface area contributed by atoms with E-state index in [9.17, 15) is 4.79 Å². The first-order chi connectivity index (χ1) is 6.20. The molecule has 0 bridgehead atoms. The van der Waals surface area contributed by atoms with Crippen molar-refractivity contribution in [3.63, 3.8) is 0 Å². The van der Waals surface area contributed by atoms with Crippen LogP contribution in [-0.2, 0) is 11.3 Å².